The molecule has 0 radical (unpaired) electrons. The largest absolute Gasteiger partial charge is 0.391 e. The van der Waals surface area contributed by atoms with Gasteiger partial charge < -0.3 is 4.90 Å². The van der Waals surface area contributed by atoms with Crippen LogP contribution in [-0.4, -0.2) is 24.2 Å². The van der Waals surface area contributed by atoms with Crippen molar-refractivity contribution in [3.8, 4) is 0 Å². The molecule has 6 heteroatoms. The van der Waals surface area contributed by atoms with E-state index in [4.69, 9.17) is 11.6 Å². The van der Waals surface area contributed by atoms with Gasteiger partial charge in [-0.25, -0.2) is 4.98 Å². The first-order valence-electron chi connectivity index (χ1n) is 5.40. The van der Waals surface area contributed by atoms with Gasteiger partial charge in [0.05, 0.1) is 10.9 Å². The summed E-state index contributed by atoms with van der Waals surface area (Å²) >= 11 is 5.70. The summed E-state index contributed by atoms with van der Waals surface area (Å²) in [6, 6.07) is 3.43. The summed E-state index contributed by atoms with van der Waals surface area (Å²) in [6.07, 6.45) is -2.30. The second kappa shape index (κ2) is 4.72. The SMILES string of the molecule is FC(F)(F)C1CCN(c2ccc(Cl)cn2)CC1. The maximum Gasteiger partial charge on any atom is 0.391 e. The van der Waals surface area contributed by atoms with Crippen LogP contribution in [0.4, 0.5) is 19.0 Å². The third kappa shape index (κ3) is 3.03. The zero-order valence-electron chi connectivity index (χ0n) is 9.04. The van der Waals surface area contributed by atoms with Gasteiger partial charge in [-0.15, -0.1) is 0 Å². The fourth-order valence-electron chi connectivity index (χ4n) is 1.99. The molecule has 0 saturated carbocycles. The van der Waals surface area contributed by atoms with Gasteiger partial charge in [0.15, 0.2) is 0 Å². The average Bonchev–Trinajstić information content (AvgIpc) is 2.29. The van der Waals surface area contributed by atoms with Crippen molar-refractivity contribution in [2.45, 2.75) is 19.0 Å². The second-order valence-electron chi connectivity index (χ2n) is 4.14. The lowest BCUT2D eigenvalue weighted by molar-refractivity contribution is -0.179. The Balaban J connectivity index is 1.97. The molecular weight excluding hydrogens is 253 g/mol. The molecule has 2 nitrogen and oxygen atoms in total. The first-order valence-corrected chi connectivity index (χ1v) is 5.78. The van der Waals surface area contributed by atoms with Crippen molar-refractivity contribution in [3.63, 3.8) is 0 Å². The number of aromatic nitrogens is 1. The maximum atomic E-state index is 12.5. The Kier molecular flexibility index (Phi) is 3.47. The van der Waals surface area contributed by atoms with Gasteiger partial charge in [0, 0.05) is 19.3 Å². The normalized spacial score (nSPS) is 18.5. The van der Waals surface area contributed by atoms with E-state index in [0.29, 0.717) is 23.9 Å². The lowest BCUT2D eigenvalue weighted by Crippen LogP contribution is -2.39. The van der Waals surface area contributed by atoms with E-state index in [1.165, 1.54) is 6.20 Å². The van der Waals surface area contributed by atoms with Gasteiger partial charge in [-0.2, -0.15) is 13.2 Å². The number of hydrogen-bond acceptors (Lipinski definition) is 2. The third-order valence-electron chi connectivity index (χ3n) is 2.99. The predicted octanol–water partition coefficient (Wildman–Crippen LogP) is 3.51. The highest BCUT2D eigenvalue weighted by Gasteiger charge is 2.41. The highest BCUT2D eigenvalue weighted by atomic mass is 35.5. The zero-order chi connectivity index (χ0) is 12.5. The molecule has 1 aliphatic heterocycles. The molecule has 0 unspecified atom stereocenters. The van der Waals surface area contributed by atoms with Crippen LogP contribution >= 0.6 is 11.6 Å². The van der Waals surface area contributed by atoms with Crippen LogP contribution in [0.25, 0.3) is 0 Å². The van der Waals surface area contributed by atoms with Crippen LogP contribution in [0, 0.1) is 5.92 Å². The summed E-state index contributed by atoms with van der Waals surface area (Å²) < 4.78 is 37.4. The molecule has 0 N–H and O–H groups in total. The molecule has 2 heterocycles. The van der Waals surface area contributed by atoms with E-state index in [1.54, 1.807) is 12.1 Å². The first-order chi connectivity index (χ1) is 7.97. The molecule has 0 atom stereocenters. The van der Waals surface area contributed by atoms with Gasteiger partial charge in [0.25, 0.3) is 0 Å². The fourth-order valence-corrected chi connectivity index (χ4v) is 2.10. The number of nitrogens with zero attached hydrogens (tertiary/aromatic N) is 2. The topological polar surface area (TPSA) is 16.1 Å². The van der Waals surface area contributed by atoms with Crippen molar-refractivity contribution in [2.24, 2.45) is 5.92 Å². The number of alkyl halides is 3. The zero-order valence-corrected chi connectivity index (χ0v) is 9.80. The van der Waals surface area contributed by atoms with Gasteiger partial charge in [-0.05, 0) is 25.0 Å². The highest BCUT2D eigenvalue weighted by molar-refractivity contribution is 6.30. The van der Waals surface area contributed by atoms with Crippen molar-refractivity contribution in [1.82, 2.24) is 4.98 Å². The Morgan fingerprint density at radius 1 is 1.24 bits per heavy atom. The monoisotopic (exact) mass is 264 g/mol. The number of halogens is 4. The van der Waals surface area contributed by atoms with E-state index in [9.17, 15) is 13.2 Å². The Hall–Kier alpha value is -0.970. The molecule has 0 amide bonds. The van der Waals surface area contributed by atoms with E-state index in [2.05, 4.69) is 4.98 Å². The molecule has 0 spiro atoms. The quantitative estimate of drug-likeness (QED) is 0.772. The Morgan fingerprint density at radius 3 is 2.35 bits per heavy atom. The molecular formula is C11H12ClF3N2. The van der Waals surface area contributed by atoms with Crippen molar-refractivity contribution in [3.05, 3.63) is 23.4 Å². The van der Waals surface area contributed by atoms with Gasteiger partial charge in [-0.1, -0.05) is 11.6 Å². The van der Waals surface area contributed by atoms with Crippen LogP contribution in [0.1, 0.15) is 12.8 Å². The molecule has 1 saturated heterocycles. The van der Waals surface area contributed by atoms with E-state index < -0.39 is 12.1 Å². The lowest BCUT2D eigenvalue weighted by Gasteiger charge is -2.33. The van der Waals surface area contributed by atoms with Crippen LogP contribution in [0.15, 0.2) is 18.3 Å². The molecule has 2 rings (SSSR count). The number of anilines is 1. The molecule has 94 valence electrons. The Labute approximate surface area is 102 Å². The molecule has 17 heavy (non-hydrogen) atoms. The van der Waals surface area contributed by atoms with Crippen molar-refractivity contribution in [2.75, 3.05) is 18.0 Å². The summed E-state index contributed by atoms with van der Waals surface area (Å²) in [4.78, 5) is 5.96. The third-order valence-corrected chi connectivity index (χ3v) is 3.22. The number of hydrogen-bond donors (Lipinski definition) is 0. The average molecular weight is 265 g/mol. The Morgan fingerprint density at radius 2 is 1.88 bits per heavy atom. The molecule has 1 aromatic rings. The summed E-state index contributed by atoms with van der Waals surface area (Å²) in [5.74, 6) is -0.485. The minimum absolute atomic E-state index is 0.133. The van der Waals surface area contributed by atoms with E-state index in [1.807, 2.05) is 4.90 Å². The molecule has 0 aliphatic carbocycles. The molecule has 1 aromatic heterocycles. The lowest BCUT2D eigenvalue weighted by atomic mass is 9.96. The number of rotatable bonds is 1. The number of pyridine rings is 1. The minimum atomic E-state index is -4.07. The first kappa shape index (κ1) is 12.5. The van der Waals surface area contributed by atoms with Gasteiger partial charge >= 0.3 is 6.18 Å². The minimum Gasteiger partial charge on any atom is -0.357 e. The predicted molar refractivity (Wildman–Crippen MR) is 60.2 cm³/mol. The summed E-state index contributed by atoms with van der Waals surface area (Å²) in [7, 11) is 0. The Bertz CT molecular complexity index is 369. The van der Waals surface area contributed by atoms with Crippen LogP contribution in [0.5, 0.6) is 0 Å². The van der Waals surface area contributed by atoms with Gasteiger partial charge in [0.1, 0.15) is 5.82 Å². The summed E-state index contributed by atoms with van der Waals surface area (Å²) in [6.45, 7) is 0.775. The van der Waals surface area contributed by atoms with E-state index >= 15 is 0 Å². The second-order valence-corrected chi connectivity index (χ2v) is 4.57. The summed E-state index contributed by atoms with van der Waals surface area (Å²) in [5.41, 5.74) is 0. The van der Waals surface area contributed by atoms with Crippen LogP contribution < -0.4 is 4.90 Å². The van der Waals surface area contributed by atoms with Crippen LogP contribution in [0.3, 0.4) is 0 Å². The van der Waals surface area contributed by atoms with Crippen LogP contribution in [-0.2, 0) is 0 Å². The standard InChI is InChI=1S/C11H12ClF3N2/c12-9-1-2-10(16-7-9)17-5-3-8(4-6-17)11(13,14)15/h1-2,7-8H,3-6H2. The van der Waals surface area contributed by atoms with Crippen LogP contribution in [0.2, 0.25) is 5.02 Å². The molecule has 0 bridgehead atoms. The summed E-state index contributed by atoms with van der Waals surface area (Å²) in [5, 5.41) is 0.527. The fraction of sp³-hybridized carbons (Fsp3) is 0.545. The van der Waals surface area contributed by atoms with E-state index in [0.717, 1.165) is 0 Å². The molecule has 0 aromatic carbocycles. The van der Waals surface area contributed by atoms with E-state index in [-0.39, 0.29) is 12.8 Å². The van der Waals surface area contributed by atoms with Gasteiger partial charge in [-0.3, -0.25) is 0 Å². The number of piperidine rings is 1. The van der Waals surface area contributed by atoms with Crippen molar-refractivity contribution in [1.29, 1.82) is 0 Å². The van der Waals surface area contributed by atoms with Crippen molar-refractivity contribution < 1.29 is 13.2 Å². The van der Waals surface area contributed by atoms with Gasteiger partial charge in [0.2, 0.25) is 0 Å². The highest BCUT2D eigenvalue weighted by Crippen LogP contribution is 2.35. The molecule has 1 fully saturated rings. The maximum absolute atomic E-state index is 12.5. The van der Waals surface area contributed by atoms with Crippen molar-refractivity contribution >= 4 is 17.4 Å². The smallest absolute Gasteiger partial charge is 0.357 e. The molecule has 1 aliphatic rings.